The van der Waals surface area contributed by atoms with Gasteiger partial charge in [0.05, 0.1) is 19.2 Å². The average Bonchev–Trinajstić information content (AvgIpc) is 3.19. The van der Waals surface area contributed by atoms with Crippen LogP contribution in [0.3, 0.4) is 0 Å². The van der Waals surface area contributed by atoms with E-state index in [9.17, 15) is 18.0 Å². The molecular weight excluding hydrogens is 376 g/mol. The summed E-state index contributed by atoms with van der Waals surface area (Å²) >= 11 is 0. The first kappa shape index (κ1) is 18.4. The topological polar surface area (TPSA) is 113 Å². The van der Waals surface area contributed by atoms with Gasteiger partial charge in [0.25, 0.3) is 5.91 Å². The second kappa shape index (κ2) is 6.01. The maximum atomic E-state index is 13.0. The zero-order valence-electron chi connectivity index (χ0n) is 15.4. The van der Waals surface area contributed by atoms with E-state index in [1.54, 1.807) is 32.0 Å². The van der Waals surface area contributed by atoms with Gasteiger partial charge in [-0.05, 0) is 13.3 Å². The molecule has 0 aromatic carbocycles. The SMILES string of the molecule is Cc1cc(C(=O)N2C[C@H]3C[C@H]4[C@](C2)(CN(CC(=O)N(C)C)S4(=O)=O)O3)no1. The van der Waals surface area contributed by atoms with Crippen molar-refractivity contribution in [2.45, 2.75) is 30.3 Å². The minimum atomic E-state index is -3.68. The Labute approximate surface area is 157 Å². The first-order chi connectivity index (χ1) is 12.6. The number of nitrogens with zero attached hydrogens (tertiary/aromatic N) is 4. The molecule has 0 saturated carbocycles. The third-order valence-corrected chi connectivity index (χ3v) is 7.77. The molecule has 2 bridgehead atoms. The molecular formula is C16H22N4O6S. The number of ether oxygens (including phenoxy) is 1. The van der Waals surface area contributed by atoms with Crippen molar-refractivity contribution < 1.29 is 27.3 Å². The summed E-state index contributed by atoms with van der Waals surface area (Å²) in [5, 5.41) is 3.01. The highest BCUT2D eigenvalue weighted by Crippen LogP contribution is 2.46. The standard InChI is InChI=1S/C16H22N4O6S/c1-10-4-12(17-26-10)15(22)19-6-11-5-13-16(8-19,25-11)9-20(27(13,23)24)7-14(21)18(2)3/h4,11,13H,5-9H2,1-3H3/t11-,13+,16+/m1/s1. The molecule has 3 saturated heterocycles. The van der Waals surface area contributed by atoms with Gasteiger partial charge in [-0.3, -0.25) is 9.59 Å². The van der Waals surface area contributed by atoms with Crippen LogP contribution in [-0.2, 0) is 19.6 Å². The van der Waals surface area contributed by atoms with Crippen molar-refractivity contribution in [1.29, 1.82) is 0 Å². The van der Waals surface area contributed by atoms with Crippen molar-refractivity contribution in [2.75, 3.05) is 40.3 Å². The number of morpholine rings is 1. The fourth-order valence-corrected chi connectivity index (χ4v) is 6.42. The predicted octanol–water partition coefficient (Wildman–Crippen LogP) is -0.931. The fraction of sp³-hybridized carbons (Fsp3) is 0.688. The molecule has 0 unspecified atom stereocenters. The van der Waals surface area contributed by atoms with Gasteiger partial charge >= 0.3 is 0 Å². The largest absolute Gasteiger partial charge is 0.365 e. The van der Waals surface area contributed by atoms with Gasteiger partial charge in [0, 0.05) is 33.3 Å². The van der Waals surface area contributed by atoms with E-state index in [0.29, 0.717) is 18.7 Å². The number of carbonyl (C=O) groups is 2. The maximum absolute atomic E-state index is 13.0. The Hall–Kier alpha value is -1.98. The first-order valence-electron chi connectivity index (χ1n) is 8.72. The van der Waals surface area contributed by atoms with Gasteiger partial charge in [-0.15, -0.1) is 0 Å². The van der Waals surface area contributed by atoms with Gasteiger partial charge in [-0.1, -0.05) is 5.16 Å². The zero-order chi connectivity index (χ0) is 19.6. The summed E-state index contributed by atoms with van der Waals surface area (Å²) in [4.78, 5) is 27.7. The van der Waals surface area contributed by atoms with E-state index in [0.717, 1.165) is 0 Å². The van der Waals surface area contributed by atoms with E-state index in [1.807, 2.05) is 0 Å². The first-order valence-corrected chi connectivity index (χ1v) is 10.2. The fourth-order valence-electron chi connectivity index (χ4n) is 4.17. The highest BCUT2D eigenvalue weighted by molar-refractivity contribution is 7.90. The maximum Gasteiger partial charge on any atom is 0.276 e. The Morgan fingerprint density at radius 3 is 2.74 bits per heavy atom. The number of hydrogen-bond donors (Lipinski definition) is 0. The van der Waals surface area contributed by atoms with E-state index in [4.69, 9.17) is 9.26 Å². The number of aryl methyl sites for hydroxylation is 1. The van der Waals surface area contributed by atoms with Crippen LogP contribution in [0.4, 0.5) is 0 Å². The number of likely N-dealkylation sites (tertiary alicyclic amines) is 1. The summed E-state index contributed by atoms with van der Waals surface area (Å²) < 4.78 is 38.1. The van der Waals surface area contributed by atoms with Gasteiger partial charge in [0.1, 0.15) is 16.6 Å². The van der Waals surface area contributed by atoms with Crippen LogP contribution in [0.25, 0.3) is 0 Å². The molecule has 4 rings (SSSR count). The number of fused-ring (bicyclic) bond motifs is 1. The predicted molar refractivity (Wildman–Crippen MR) is 92.3 cm³/mol. The van der Waals surface area contributed by atoms with Crippen molar-refractivity contribution in [3.63, 3.8) is 0 Å². The van der Waals surface area contributed by atoms with E-state index in [-0.39, 0.29) is 43.2 Å². The third kappa shape index (κ3) is 2.84. The molecule has 3 aliphatic rings. The molecule has 0 N–H and O–H groups in total. The van der Waals surface area contributed by atoms with Crippen LogP contribution in [0, 0.1) is 6.92 Å². The van der Waals surface area contributed by atoms with Crippen molar-refractivity contribution in [2.24, 2.45) is 0 Å². The Kier molecular flexibility index (Phi) is 4.09. The van der Waals surface area contributed by atoms with Gasteiger partial charge in [-0.25, -0.2) is 8.42 Å². The second-order valence-electron chi connectivity index (χ2n) is 7.64. The molecule has 3 fully saturated rings. The number of aromatic nitrogens is 1. The van der Waals surface area contributed by atoms with Gasteiger partial charge in [-0.2, -0.15) is 4.31 Å². The van der Waals surface area contributed by atoms with Crippen LogP contribution in [0.5, 0.6) is 0 Å². The second-order valence-corrected chi connectivity index (χ2v) is 9.75. The average molecular weight is 398 g/mol. The molecule has 10 nitrogen and oxygen atoms in total. The normalized spacial score (nSPS) is 31.7. The summed E-state index contributed by atoms with van der Waals surface area (Å²) in [5.41, 5.74) is -0.815. The van der Waals surface area contributed by atoms with E-state index in [1.165, 1.54) is 9.21 Å². The molecule has 2 amide bonds. The molecule has 1 spiro atoms. The molecule has 0 radical (unpaired) electrons. The Bertz CT molecular complexity index is 896. The quantitative estimate of drug-likeness (QED) is 0.646. The van der Waals surface area contributed by atoms with Crippen molar-refractivity contribution in [3.8, 4) is 0 Å². The van der Waals surface area contributed by atoms with Crippen molar-refractivity contribution >= 4 is 21.8 Å². The molecule has 148 valence electrons. The number of carbonyl (C=O) groups excluding carboxylic acids is 2. The Balaban J connectivity index is 1.58. The molecule has 0 aliphatic carbocycles. The summed E-state index contributed by atoms with van der Waals surface area (Å²) in [6.07, 6.45) is -0.0291. The number of rotatable bonds is 3. The Morgan fingerprint density at radius 1 is 1.37 bits per heavy atom. The lowest BCUT2D eigenvalue weighted by atomic mass is 9.99. The summed E-state index contributed by atoms with van der Waals surface area (Å²) in [5.74, 6) is -0.0730. The molecule has 1 aromatic heterocycles. The molecule has 1 aromatic rings. The van der Waals surface area contributed by atoms with Crippen molar-refractivity contribution in [1.82, 2.24) is 19.3 Å². The number of likely N-dealkylation sites (N-methyl/N-ethyl adjacent to an activating group) is 1. The van der Waals surface area contributed by atoms with Crippen LogP contribution < -0.4 is 0 Å². The molecule has 3 atom stereocenters. The lowest BCUT2D eigenvalue weighted by Gasteiger charge is -2.39. The van der Waals surface area contributed by atoms with Gasteiger partial charge < -0.3 is 19.1 Å². The van der Waals surface area contributed by atoms with E-state index >= 15 is 0 Å². The molecule has 27 heavy (non-hydrogen) atoms. The minimum absolute atomic E-state index is 0.0672. The number of amides is 2. The smallest absolute Gasteiger partial charge is 0.276 e. The van der Waals surface area contributed by atoms with Crippen LogP contribution in [0.2, 0.25) is 0 Å². The van der Waals surface area contributed by atoms with Gasteiger partial charge in [0.15, 0.2) is 5.69 Å². The lowest BCUT2D eigenvalue weighted by Crippen LogP contribution is -2.56. The van der Waals surface area contributed by atoms with Crippen LogP contribution in [0.15, 0.2) is 10.6 Å². The minimum Gasteiger partial charge on any atom is -0.365 e. The molecule has 11 heteroatoms. The van der Waals surface area contributed by atoms with Gasteiger partial charge in [0.2, 0.25) is 15.9 Å². The molecule has 4 heterocycles. The lowest BCUT2D eigenvalue weighted by molar-refractivity contribution is -0.130. The summed E-state index contributed by atoms with van der Waals surface area (Å²) in [7, 11) is -0.516. The summed E-state index contributed by atoms with van der Waals surface area (Å²) in [6.45, 7) is 2.00. The van der Waals surface area contributed by atoms with Crippen molar-refractivity contribution in [3.05, 3.63) is 17.5 Å². The van der Waals surface area contributed by atoms with E-state index in [2.05, 4.69) is 5.16 Å². The highest BCUT2D eigenvalue weighted by Gasteiger charge is 2.65. The van der Waals surface area contributed by atoms with Crippen LogP contribution in [-0.4, -0.2) is 96.7 Å². The number of sulfonamides is 1. The zero-order valence-corrected chi connectivity index (χ0v) is 16.2. The monoisotopic (exact) mass is 398 g/mol. The van der Waals surface area contributed by atoms with Crippen LogP contribution >= 0.6 is 0 Å². The van der Waals surface area contributed by atoms with Crippen LogP contribution in [0.1, 0.15) is 22.7 Å². The Morgan fingerprint density at radius 2 is 2.11 bits per heavy atom. The molecule has 3 aliphatic heterocycles. The summed E-state index contributed by atoms with van der Waals surface area (Å²) in [6, 6.07) is 1.56. The third-order valence-electron chi connectivity index (χ3n) is 5.46. The number of hydrogen-bond acceptors (Lipinski definition) is 7. The highest BCUT2D eigenvalue weighted by atomic mass is 32.2. The van der Waals surface area contributed by atoms with E-state index < -0.39 is 20.9 Å².